The first-order chi connectivity index (χ1) is 17.0. The summed E-state index contributed by atoms with van der Waals surface area (Å²) in [6.07, 6.45) is 3.55. The van der Waals surface area contributed by atoms with Crippen molar-refractivity contribution in [3.8, 4) is 34.1 Å². The molecule has 0 unspecified atom stereocenters. The second-order valence-electron chi connectivity index (χ2n) is 8.02. The van der Waals surface area contributed by atoms with Crippen molar-refractivity contribution < 1.29 is 19.0 Å². The minimum atomic E-state index is -0.456. The average Bonchev–Trinajstić information content (AvgIpc) is 2.89. The molecule has 1 aromatic heterocycles. The number of carbonyl (C=O) groups excluding carboxylic acids is 1. The van der Waals surface area contributed by atoms with E-state index in [0.717, 1.165) is 40.6 Å². The van der Waals surface area contributed by atoms with E-state index in [0.29, 0.717) is 29.5 Å². The van der Waals surface area contributed by atoms with Crippen molar-refractivity contribution in [1.29, 1.82) is 0 Å². The molecule has 0 atom stereocenters. The van der Waals surface area contributed by atoms with Crippen LogP contribution in [0.15, 0.2) is 72.9 Å². The number of urea groups is 1. The second kappa shape index (κ2) is 10.8. The number of primary amides is 1. The van der Waals surface area contributed by atoms with Gasteiger partial charge in [-0.1, -0.05) is 43.7 Å². The Morgan fingerprint density at radius 1 is 0.943 bits per heavy atom. The lowest BCUT2D eigenvalue weighted by molar-refractivity contribution is 0.254. The fourth-order valence-corrected chi connectivity index (χ4v) is 3.98. The first-order valence-corrected chi connectivity index (χ1v) is 11.5. The average molecular weight is 472 g/mol. The molecule has 0 aliphatic heterocycles. The fraction of sp³-hybridized carbons (Fsp3) is 0.214. The predicted octanol–water partition coefficient (Wildman–Crippen LogP) is 6.40. The Balaban J connectivity index is 1.64. The van der Waals surface area contributed by atoms with Crippen LogP contribution < -0.4 is 24.8 Å². The lowest BCUT2D eigenvalue weighted by Crippen LogP contribution is -2.36. The third kappa shape index (κ3) is 5.14. The van der Waals surface area contributed by atoms with E-state index in [-0.39, 0.29) is 0 Å². The van der Waals surface area contributed by atoms with Gasteiger partial charge in [0, 0.05) is 29.8 Å². The first kappa shape index (κ1) is 23.9. The van der Waals surface area contributed by atoms with Crippen molar-refractivity contribution in [2.24, 2.45) is 5.73 Å². The molecule has 35 heavy (non-hydrogen) atoms. The summed E-state index contributed by atoms with van der Waals surface area (Å²) in [6, 6.07) is 20.6. The van der Waals surface area contributed by atoms with Crippen LogP contribution in [0.5, 0.6) is 23.0 Å². The van der Waals surface area contributed by atoms with E-state index in [1.807, 2.05) is 66.7 Å². The highest BCUT2D eigenvalue weighted by Gasteiger charge is 2.17. The normalized spacial score (nSPS) is 10.7. The minimum Gasteiger partial charge on any atom is -0.493 e. The highest BCUT2D eigenvalue weighted by Crippen LogP contribution is 2.38. The molecule has 0 aliphatic carbocycles. The number of amides is 2. The van der Waals surface area contributed by atoms with Gasteiger partial charge in [-0.05, 0) is 42.3 Å². The third-order valence-electron chi connectivity index (χ3n) is 5.80. The Morgan fingerprint density at radius 2 is 1.66 bits per heavy atom. The van der Waals surface area contributed by atoms with Crippen LogP contribution in [0.2, 0.25) is 0 Å². The summed E-state index contributed by atoms with van der Waals surface area (Å²) in [5, 5.41) is 0.813. The number of ether oxygens (including phenoxy) is 3. The second-order valence-corrected chi connectivity index (χ2v) is 8.02. The number of unbranched alkanes of at least 4 members (excludes halogenated alkanes) is 1. The zero-order valence-electron chi connectivity index (χ0n) is 20.2. The molecule has 0 fully saturated rings. The number of carbonyl (C=O) groups is 1. The van der Waals surface area contributed by atoms with Gasteiger partial charge < -0.3 is 19.9 Å². The number of hydrogen-bond donors (Lipinski definition) is 1. The molecule has 2 amide bonds. The Kier molecular flexibility index (Phi) is 7.35. The molecule has 0 saturated heterocycles. The molecule has 1 heterocycles. The number of nitrogens with two attached hydrogens (primary N) is 1. The quantitative estimate of drug-likeness (QED) is 0.305. The van der Waals surface area contributed by atoms with Gasteiger partial charge in [0.25, 0.3) is 0 Å². The molecular formula is C28H29N3O4. The molecule has 0 saturated carbocycles. The summed E-state index contributed by atoms with van der Waals surface area (Å²) < 4.78 is 17.0. The lowest BCUT2D eigenvalue weighted by Gasteiger charge is -2.23. The molecule has 4 rings (SSSR count). The molecule has 7 heteroatoms. The molecule has 180 valence electrons. The van der Waals surface area contributed by atoms with Crippen molar-refractivity contribution in [3.63, 3.8) is 0 Å². The van der Waals surface area contributed by atoms with Crippen molar-refractivity contribution >= 4 is 22.6 Å². The van der Waals surface area contributed by atoms with Gasteiger partial charge in [-0.25, -0.2) is 4.79 Å². The number of pyridine rings is 1. The van der Waals surface area contributed by atoms with Crippen LogP contribution in [0.1, 0.15) is 19.8 Å². The number of hydrogen-bond acceptors (Lipinski definition) is 5. The number of nitrogens with zero attached hydrogens (tertiary/aromatic N) is 2. The van der Waals surface area contributed by atoms with Gasteiger partial charge in [0.1, 0.15) is 11.5 Å². The first-order valence-electron chi connectivity index (χ1n) is 11.5. The van der Waals surface area contributed by atoms with E-state index in [4.69, 9.17) is 19.9 Å². The Bertz CT molecular complexity index is 1320. The molecule has 3 aromatic carbocycles. The molecule has 0 radical (unpaired) electrons. The van der Waals surface area contributed by atoms with Crippen LogP contribution in [0.25, 0.3) is 22.0 Å². The van der Waals surface area contributed by atoms with Crippen LogP contribution in [0.4, 0.5) is 10.5 Å². The maximum absolute atomic E-state index is 12.1. The molecule has 0 bridgehead atoms. The Morgan fingerprint density at radius 3 is 2.34 bits per heavy atom. The van der Waals surface area contributed by atoms with Gasteiger partial charge in [-0.3, -0.25) is 9.88 Å². The van der Waals surface area contributed by atoms with E-state index in [1.54, 1.807) is 25.3 Å². The van der Waals surface area contributed by atoms with Gasteiger partial charge in [-0.15, -0.1) is 0 Å². The Labute approximate surface area is 205 Å². The summed E-state index contributed by atoms with van der Waals surface area (Å²) in [4.78, 5) is 18.2. The van der Waals surface area contributed by atoms with Gasteiger partial charge in [-0.2, -0.15) is 0 Å². The minimum absolute atomic E-state index is 0.456. The smallest absolute Gasteiger partial charge is 0.319 e. The number of para-hydroxylation sites is 1. The summed E-state index contributed by atoms with van der Waals surface area (Å²) in [5.74, 6) is 2.54. The number of methoxy groups -OCH3 is 2. The molecule has 0 spiro atoms. The maximum atomic E-state index is 12.1. The highest BCUT2D eigenvalue weighted by atomic mass is 16.5. The molecular weight excluding hydrogens is 442 g/mol. The summed E-state index contributed by atoms with van der Waals surface area (Å²) in [5.41, 5.74) is 9.12. The molecule has 2 N–H and O–H groups in total. The fourth-order valence-electron chi connectivity index (χ4n) is 3.98. The van der Waals surface area contributed by atoms with Crippen LogP contribution in [-0.4, -0.2) is 31.8 Å². The van der Waals surface area contributed by atoms with Crippen LogP contribution in [-0.2, 0) is 0 Å². The highest BCUT2D eigenvalue weighted by molar-refractivity contribution is 5.96. The van der Waals surface area contributed by atoms with Crippen LogP contribution in [0, 0.1) is 0 Å². The van der Waals surface area contributed by atoms with Crippen LogP contribution in [0.3, 0.4) is 0 Å². The van der Waals surface area contributed by atoms with Gasteiger partial charge >= 0.3 is 6.03 Å². The van der Waals surface area contributed by atoms with Crippen LogP contribution >= 0.6 is 0 Å². The van der Waals surface area contributed by atoms with E-state index < -0.39 is 6.03 Å². The number of aromatic nitrogens is 1. The van der Waals surface area contributed by atoms with Gasteiger partial charge in [0.05, 0.1) is 25.4 Å². The van der Waals surface area contributed by atoms with E-state index in [2.05, 4.69) is 11.9 Å². The van der Waals surface area contributed by atoms with Crippen molar-refractivity contribution in [2.75, 3.05) is 25.7 Å². The van der Waals surface area contributed by atoms with E-state index in [1.165, 1.54) is 0 Å². The topological polar surface area (TPSA) is 86.9 Å². The van der Waals surface area contributed by atoms with Crippen molar-refractivity contribution in [3.05, 3.63) is 72.9 Å². The maximum Gasteiger partial charge on any atom is 0.319 e. The summed E-state index contributed by atoms with van der Waals surface area (Å²) in [7, 11) is 3.19. The number of benzene rings is 3. The van der Waals surface area contributed by atoms with E-state index >= 15 is 0 Å². The summed E-state index contributed by atoms with van der Waals surface area (Å²) >= 11 is 0. The largest absolute Gasteiger partial charge is 0.493 e. The number of fused-ring (bicyclic) bond motifs is 1. The molecule has 0 aliphatic rings. The zero-order valence-corrected chi connectivity index (χ0v) is 20.2. The van der Waals surface area contributed by atoms with Crippen molar-refractivity contribution in [2.45, 2.75) is 19.8 Å². The Hall–Kier alpha value is -4.26. The summed E-state index contributed by atoms with van der Waals surface area (Å²) in [6.45, 7) is 2.66. The molecule has 4 aromatic rings. The zero-order chi connectivity index (χ0) is 24.8. The van der Waals surface area contributed by atoms with E-state index in [9.17, 15) is 4.79 Å². The van der Waals surface area contributed by atoms with Gasteiger partial charge in [0.2, 0.25) is 0 Å². The standard InChI is InChI=1S/C28H29N3O4/c1-4-5-16-31(28(29)32)24-9-7-6-8-21(24)19-10-12-20(13-11-19)35-25-14-15-30-23-18-27(34-3)26(33-2)17-22(23)25/h6-15,17-18H,4-5,16H2,1-3H3,(H2,29,32). The number of rotatable bonds is 9. The third-order valence-corrected chi connectivity index (χ3v) is 5.80. The lowest BCUT2D eigenvalue weighted by atomic mass is 10.0. The SMILES string of the molecule is CCCCN(C(N)=O)c1ccccc1-c1ccc(Oc2ccnc3cc(OC)c(OC)cc23)cc1. The van der Waals surface area contributed by atoms with Crippen molar-refractivity contribution in [1.82, 2.24) is 4.98 Å². The number of anilines is 1. The predicted molar refractivity (Wildman–Crippen MR) is 139 cm³/mol. The molecule has 7 nitrogen and oxygen atoms in total. The monoisotopic (exact) mass is 471 g/mol. The van der Waals surface area contributed by atoms with Gasteiger partial charge in [0.15, 0.2) is 11.5 Å².